The van der Waals surface area contributed by atoms with Crippen LogP contribution in [0.4, 0.5) is 0 Å². The molecule has 72 valence electrons. The average Bonchev–Trinajstić information content (AvgIpc) is 2.46. The summed E-state index contributed by atoms with van der Waals surface area (Å²) in [6, 6.07) is 3.04. The Morgan fingerprint density at radius 2 is 2.29 bits per heavy atom. The number of hydrogen-bond acceptors (Lipinski definition) is 2. The molecule has 0 saturated carbocycles. The van der Waals surface area contributed by atoms with E-state index in [0.29, 0.717) is 5.02 Å². The molecular weight excluding hydrogens is 218 g/mol. The lowest BCUT2D eigenvalue weighted by Gasteiger charge is -2.00. The van der Waals surface area contributed by atoms with Crippen molar-refractivity contribution in [3.05, 3.63) is 43.8 Å². The van der Waals surface area contributed by atoms with E-state index < -0.39 is 0 Å². The summed E-state index contributed by atoms with van der Waals surface area (Å²) in [6.07, 6.45) is 1.63. The second-order valence-corrected chi connectivity index (χ2v) is 4.44. The van der Waals surface area contributed by atoms with Crippen molar-refractivity contribution in [1.29, 1.82) is 0 Å². The second-order valence-electron chi connectivity index (χ2n) is 2.95. The molecule has 4 heteroatoms. The van der Waals surface area contributed by atoms with E-state index in [-0.39, 0.29) is 5.43 Å². The van der Waals surface area contributed by atoms with Gasteiger partial charge < -0.3 is 4.98 Å². The van der Waals surface area contributed by atoms with Crippen LogP contribution in [0.3, 0.4) is 0 Å². The first-order valence-corrected chi connectivity index (χ1v) is 5.37. The Labute approximate surface area is 90.2 Å². The lowest BCUT2D eigenvalue weighted by Crippen LogP contribution is -1.98. The summed E-state index contributed by atoms with van der Waals surface area (Å²) in [5.41, 5.74) is 1.69. The number of H-pyrrole nitrogens is 1. The standard InChI is InChI=1S/C10H8ClNOS/c1-6-10(8(11)5-14-6)9-4-7(13)2-3-12-9/h2-5H,1H3,(H,12,13). The molecule has 2 rings (SSSR count). The van der Waals surface area contributed by atoms with Gasteiger partial charge in [0, 0.05) is 34.2 Å². The third-order valence-corrected chi connectivity index (χ3v) is 3.31. The molecule has 0 bridgehead atoms. The van der Waals surface area contributed by atoms with E-state index in [0.717, 1.165) is 16.1 Å². The zero-order valence-electron chi connectivity index (χ0n) is 7.50. The fraction of sp³-hybridized carbons (Fsp3) is 0.100. The monoisotopic (exact) mass is 225 g/mol. The fourth-order valence-corrected chi connectivity index (χ4v) is 2.50. The van der Waals surface area contributed by atoms with Crippen molar-refractivity contribution < 1.29 is 0 Å². The molecule has 2 aromatic rings. The van der Waals surface area contributed by atoms with Gasteiger partial charge in [-0.1, -0.05) is 11.6 Å². The SMILES string of the molecule is Cc1scc(Cl)c1-c1cc(=O)cc[nH]1. The zero-order valence-corrected chi connectivity index (χ0v) is 9.08. The molecule has 0 saturated heterocycles. The minimum atomic E-state index is -0.0135. The molecule has 0 aliphatic rings. The first-order valence-electron chi connectivity index (χ1n) is 4.11. The van der Waals surface area contributed by atoms with Crippen molar-refractivity contribution in [2.24, 2.45) is 0 Å². The van der Waals surface area contributed by atoms with Gasteiger partial charge in [0.2, 0.25) is 0 Å². The Morgan fingerprint density at radius 3 is 2.86 bits per heavy atom. The number of nitrogens with one attached hydrogen (secondary N) is 1. The van der Waals surface area contributed by atoms with Gasteiger partial charge in [-0.15, -0.1) is 11.3 Å². The highest BCUT2D eigenvalue weighted by Crippen LogP contribution is 2.33. The lowest BCUT2D eigenvalue weighted by atomic mass is 10.2. The number of aromatic amines is 1. The predicted octanol–water partition coefficient (Wildman–Crippen LogP) is 3.07. The van der Waals surface area contributed by atoms with Gasteiger partial charge in [-0.05, 0) is 6.92 Å². The molecule has 2 nitrogen and oxygen atoms in total. The van der Waals surface area contributed by atoms with Crippen molar-refractivity contribution in [3.8, 4) is 11.3 Å². The molecule has 0 spiro atoms. The zero-order chi connectivity index (χ0) is 10.1. The highest BCUT2D eigenvalue weighted by atomic mass is 35.5. The first kappa shape index (κ1) is 9.49. The van der Waals surface area contributed by atoms with Crippen molar-refractivity contribution >= 4 is 22.9 Å². The van der Waals surface area contributed by atoms with E-state index in [4.69, 9.17) is 11.6 Å². The van der Waals surface area contributed by atoms with Gasteiger partial charge >= 0.3 is 0 Å². The van der Waals surface area contributed by atoms with E-state index >= 15 is 0 Å². The van der Waals surface area contributed by atoms with Crippen LogP contribution in [-0.2, 0) is 0 Å². The largest absolute Gasteiger partial charge is 0.361 e. The van der Waals surface area contributed by atoms with Crippen molar-refractivity contribution in [2.75, 3.05) is 0 Å². The molecule has 0 aliphatic carbocycles. The maximum absolute atomic E-state index is 11.1. The third-order valence-electron chi connectivity index (χ3n) is 1.97. The van der Waals surface area contributed by atoms with Gasteiger partial charge in [-0.25, -0.2) is 0 Å². The number of rotatable bonds is 1. The minimum Gasteiger partial charge on any atom is -0.361 e. The first-order chi connectivity index (χ1) is 6.68. The van der Waals surface area contributed by atoms with Crippen LogP contribution in [0.15, 0.2) is 28.5 Å². The van der Waals surface area contributed by atoms with E-state index in [2.05, 4.69) is 4.98 Å². The topological polar surface area (TPSA) is 32.9 Å². The Bertz CT molecular complexity index is 495. The number of hydrogen-bond donors (Lipinski definition) is 1. The Balaban J connectivity index is 2.65. The van der Waals surface area contributed by atoms with Crippen LogP contribution in [0, 0.1) is 6.92 Å². The number of halogens is 1. The van der Waals surface area contributed by atoms with Gasteiger partial charge in [0.15, 0.2) is 5.43 Å². The van der Waals surface area contributed by atoms with Crippen LogP contribution in [0.1, 0.15) is 4.88 Å². The average molecular weight is 226 g/mol. The van der Waals surface area contributed by atoms with E-state index in [1.807, 2.05) is 12.3 Å². The van der Waals surface area contributed by atoms with Crippen LogP contribution >= 0.6 is 22.9 Å². The number of pyridine rings is 1. The van der Waals surface area contributed by atoms with Gasteiger partial charge in [-0.2, -0.15) is 0 Å². The Hall–Kier alpha value is -1.06. The van der Waals surface area contributed by atoms with Gasteiger partial charge in [-0.3, -0.25) is 4.79 Å². The molecular formula is C10H8ClNOS. The maximum Gasteiger partial charge on any atom is 0.182 e. The van der Waals surface area contributed by atoms with Crippen LogP contribution in [0.25, 0.3) is 11.3 Å². The number of aryl methyl sites for hydroxylation is 1. The van der Waals surface area contributed by atoms with Crippen LogP contribution in [-0.4, -0.2) is 4.98 Å². The molecule has 0 radical (unpaired) electrons. The number of aromatic nitrogens is 1. The van der Waals surface area contributed by atoms with Crippen LogP contribution < -0.4 is 5.43 Å². The van der Waals surface area contributed by atoms with Crippen LogP contribution in [0.2, 0.25) is 5.02 Å². The third kappa shape index (κ3) is 1.61. The maximum atomic E-state index is 11.1. The van der Waals surface area contributed by atoms with Crippen LogP contribution in [0.5, 0.6) is 0 Å². The van der Waals surface area contributed by atoms with Gasteiger partial charge in [0.25, 0.3) is 0 Å². The summed E-state index contributed by atoms with van der Waals surface area (Å²) >= 11 is 7.60. The molecule has 0 atom stereocenters. The van der Waals surface area contributed by atoms with Crippen molar-refractivity contribution in [2.45, 2.75) is 6.92 Å². The highest BCUT2D eigenvalue weighted by molar-refractivity contribution is 7.11. The van der Waals surface area contributed by atoms with Gasteiger partial charge in [0.1, 0.15) is 0 Å². The molecule has 0 aliphatic heterocycles. The quantitative estimate of drug-likeness (QED) is 0.795. The Kier molecular flexibility index (Phi) is 2.44. The lowest BCUT2D eigenvalue weighted by molar-refractivity contribution is 1.30. The molecule has 0 unspecified atom stereocenters. The smallest absolute Gasteiger partial charge is 0.182 e. The van der Waals surface area contributed by atoms with E-state index in [9.17, 15) is 4.79 Å². The predicted molar refractivity (Wildman–Crippen MR) is 60.1 cm³/mol. The summed E-state index contributed by atoms with van der Waals surface area (Å²) in [4.78, 5) is 15.3. The molecule has 14 heavy (non-hydrogen) atoms. The molecule has 2 aromatic heterocycles. The number of thiophene rings is 1. The van der Waals surface area contributed by atoms with Crippen molar-refractivity contribution in [3.63, 3.8) is 0 Å². The van der Waals surface area contributed by atoms with Gasteiger partial charge in [0.05, 0.1) is 10.7 Å². The normalized spacial score (nSPS) is 10.4. The summed E-state index contributed by atoms with van der Waals surface area (Å²) in [5, 5.41) is 2.56. The van der Waals surface area contributed by atoms with E-state index in [1.54, 1.807) is 23.6 Å². The highest BCUT2D eigenvalue weighted by Gasteiger charge is 2.09. The summed E-state index contributed by atoms with van der Waals surface area (Å²) in [7, 11) is 0. The molecule has 2 heterocycles. The van der Waals surface area contributed by atoms with E-state index in [1.165, 1.54) is 6.07 Å². The molecule has 0 aromatic carbocycles. The fourth-order valence-electron chi connectivity index (χ4n) is 1.33. The summed E-state index contributed by atoms with van der Waals surface area (Å²) in [6.45, 7) is 1.98. The summed E-state index contributed by atoms with van der Waals surface area (Å²) in [5.74, 6) is 0. The second kappa shape index (κ2) is 3.59. The molecule has 1 N–H and O–H groups in total. The Morgan fingerprint density at radius 1 is 1.50 bits per heavy atom. The molecule has 0 amide bonds. The minimum absolute atomic E-state index is 0.0135. The van der Waals surface area contributed by atoms with Crippen molar-refractivity contribution in [1.82, 2.24) is 4.98 Å². The molecule has 0 fully saturated rings. The summed E-state index contributed by atoms with van der Waals surface area (Å²) < 4.78 is 0.